The molecule has 0 saturated heterocycles. The monoisotopic (exact) mass is 682 g/mol. The number of hydrogen-bond acceptors (Lipinski definition) is 0. The Bertz CT molecular complexity index is 1810. The van der Waals surface area contributed by atoms with Crippen LogP contribution < -0.4 is 0 Å². The van der Waals surface area contributed by atoms with E-state index in [9.17, 15) is 0 Å². The van der Waals surface area contributed by atoms with Gasteiger partial charge in [0.05, 0.1) is 0 Å². The van der Waals surface area contributed by atoms with Gasteiger partial charge in [-0.25, -0.2) is 5.57 Å². The first-order chi connectivity index (χ1) is 21.6. The van der Waals surface area contributed by atoms with E-state index in [1.54, 1.807) is 0 Å². The second-order valence-corrected chi connectivity index (χ2v) is 16.3. The van der Waals surface area contributed by atoms with Crippen molar-refractivity contribution in [1.82, 2.24) is 0 Å². The van der Waals surface area contributed by atoms with E-state index in [0.717, 1.165) is 6.42 Å². The molecule has 3 aliphatic carbocycles. The summed E-state index contributed by atoms with van der Waals surface area (Å²) in [6.07, 6.45) is 13.1. The molecule has 0 N–H and O–H groups in total. The first-order valence-electron chi connectivity index (χ1n) is 17.1. The average molecular weight is 684 g/mol. The Morgan fingerprint density at radius 1 is 0.804 bits per heavy atom. The van der Waals surface area contributed by atoms with Crippen molar-refractivity contribution in [2.45, 2.75) is 99.8 Å². The third kappa shape index (κ3) is 6.78. The van der Waals surface area contributed by atoms with Gasteiger partial charge in [0, 0.05) is 10.8 Å². The topological polar surface area (TPSA) is 0 Å². The summed E-state index contributed by atoms with van der Waals surface area (Å²) in [6.45, 7) is 25.1. The molecule has 0 fully saturated rings. The normalized spacial score (nSPS) is 18.8. The molecule has 7 rings (SSSR count). The molecule has 0 aliphatic heterocycles. The molecule has 3 aliphatic rings. The molecule has 0 spiro atoms. The van der Waals surface area contributed by atoms with Crippen LogP contribution in [0.5, 0.6) is 0 Å². The second-order valence-electron chi connectivity index (χ2n) is 15.6. The quantitative estimate of drug-likeness (QED) is 0.189. The first-order valence-corrected chi connectivity index (χ1v) is 18.5. The molecule has 0 amide bonds. The van der Waals surface area contributed by atoms with Crippen molar-refractivity contribution >= 4 is 36.4 Å². The Kier molecular flexibility index (Phi) is 9.80. The van der Waals surface area contributed by atoms with Crippen LogP contribution in [0.1, 0.15) is 117 Å². The van der Waals surface area contributed by atoms with Gasteiger partial charge in [-0.05, 0) is 36.1 Å². The average Bonchev–Trinajstić information content (AvgIpc) is 3.72. The molecule has 236 valence electrons. The number of fused-ring (bicyclic) bond motifs is 5. The van der Waals surface area contributed by atoms with Crippen LogP contribution >= 0.6 is 0 Å². The van der Waals surface area contributed by atoms with Crippen LogP contribution in [0, 0.1) is 17.4 Å². The first kappa shape index (κ1) is 34.6. The van der Waals surface area contributed by atoms with Crippen LogP contribution in [0.15, 0.2) is 90.0 Å². The minimum absolute atomic E-state index is 0.139. The van der Waals surface area contributed by atoms with Crippen LogP contribution in [-0.4, -0.2) is 3.71 Å². The molecule has 1 atom stereocenters. The molecular formula is C45H52Zr. The van der Waals surface area contributed by atoms with Crippen LogP contribution in [0.25, 0.3) is 32.7 Å². The maximum absolute atomic E-state index is 3.57. The van der Waals surface area contributed by atoms with Gasteiger partial charge in [-0.1, -0.05) is 122 Å². The Labute approximate surface area is 294 Å². The Morgan fingerprint density at radius 3 is 1.67 bits per heavy atom. The molecular weight excluding hydrogens is 632 g/mol. The molecule has 0 radical (unpaired) electrons. The summed E-state index contributed by atoms with van der Waals surface area (Å²) in [4.78, 5) is 0. The fourth-order valence-electron chi connectivity index (χ4n) is 7.63. The van der Waals surface area contributed by atoms with Crippen LogP contribution in [-0.2, 0) is 35.1 Å². The Morgan fingerprint density at radius 2 is 1.30 bits per heavy atom. The van der Waals surface area contributed by atoms with Crippen molar-refractivity contribution < 1.29 is 24.2 Å². The molecule has 0 aromatic heterocycles. The van der Waals surface area contributed by atoms with Gasteiger partial charge in [-0.3, -0.25) is 6.08 Å². The van der Waals surface area contributed by atoms with Crippen molar-refractivity contribution in [2.75, 3.05) is 0 Å². The molecule has 4 aromatic rings. The summed E-state index contributed by atoms with van der Waals surface area (Å²) in [5.74, 6) is 0.573. The summed E-state index contributed by atoms with van der Waals surface area (Å²) in [5.41, 5.74) is 13.5. The fraction of sp³-hybridized carbons (Fsp3) is 0.378. The van der Waals surface area contributed by atoms with Crippen LogP contribution in [0.3, 0.4) is 0 Å². The van der Waals surface area contributed by atoms with E-state index in [0.29, 0.717) is 11.3 Å². The molecule has 4 aromatic carbocycles. The zero-order valence-corrected chi connectivity index (χ0v) is 32.5. The van der Waals surface area contributed by atoms with Gasteiger partial charge in [0.15, 0.2) is 0 Å². The van der Waals surface area contributed by atoms with Crippen molar-refractivity contribution in [2.24, 2.45) is 11.3 Å². The van der Waals surface area contributed by atoms with E-state index in [2.05, 4.69) is 159 Å². The van der Waals surface area contributed by atoms with E-state index >= 15 is 0 Å². The van der Waals surface area contributed by atoms with Gasteiger partial charge >= 0.3 is 63.8 Å². The number of benzene rings is 3. The summed E-state index contributed by atoms with van der Waals surface area (Å²) in [5, 5.41) is 5.57. The second kappa shape index (κ2) is 13.0. The molecule has 0 heterocycles. The fourth-order valence-corrected chi connectivity index (χ4v) is 8.10. The molecule has 0 bridgehead atoms. The van der Waals surface area contributed by atoms with E-state index in [1.807, 2.05) is 6.07 Å². The summed E-state index contributed by atoms with van der Waals surface area (Å²) < 4.78 is 2.17. The van der Waals surface area contributed by atoms with Gasteiger partial charge in [-0.15, -0.1) is 39.7 Å². The third-order valence-electron chi connectivity index (χ3n) is 9.99. The van der Waals surface area contributed by atoms with Gasteiger partial charge in [0.1, 0.15) is 0 Å². The van der Waals surface area contributed by atoms with E-state index in [1.165, 1.54) is 102 Å². The zero-order valence-electron chi connectivity index (χ0n) is 30.1. The van der Waals surface area contributed by atoms with Crippen LogP contribution in [0.2, 0.25) is 0 Å². The van der Waals surface area contributed by atoms with Crippen molar-refractivity contribution in [1.29, 1.82) is 0 Å². The number of hydrogen-bond donors (Lipinski definition) is 0. The van der Waals surface area contributed by atoms with E-state index < -0.39 is 0 Å². The number of allylic oxidation sites excluding steroid dienone is 8. The Hall–Kier alpha value is -2.76. The minimum atomic E-state index is 0.139. The standard InChI is InChI=1S/C25H25.C13H21.C7H6.Zr/c1-14-12-24(3,4)22-8-16-7-17-9-23-19(15(2)13-25(23,5)6)11-21(17)20(16)10-18(14)22;1-6-10-8-11(7-2)12(9-10)13(3,4)5;1-7-5-3-2-4-6-7;/h7-13H,1-6H3;9-10H,6-7H2,1-5H3;1-6H;/q2*-1;;+2. The van der Waals surface area contributed by atoms with Crippen molar-refractivity contribution in [3.63, 3.8) is 0 Å². The predicted octanol–water partition coefficient (Wildman–Crippen LogP) is 12.6. The SMILES string of the molecule is CC1=CC(C)(C)c2cc3[cH-]c4cc5c(cc4c3cc21)C(C)=CC5(C)C.CCC1=[C-]C(CC)C=C1C(C)(C)C.[Zr+2]=[CH]c1ccccc1. The summed E-state index contributed by atoms with van der Waals surface area (Å²) >= 11 is 1.46. The van der Waals surface area contributed by atoms with Crippen LogP contribution in [0.4, 0.5) is 0 Å². The van der Waals surface area contributed by atoms with Gasteiger partial charge in [0.2, 0.25) is 0 Å². The summed E-state index contributed by atoms with van der Waals surface area (Å²) in [7, 11) is 0. The van der Waals surface area contributed by atoms with Gasteiger partial charge < -0.3 is 0 Å². The van der Waals surface area contributed by atoms with Gasteiger partial charge in [-0.2, -0.15) is 11.6 Å². The maximum atomic E-state index is 3.57. The van der Waals surface area contributed by atoms with Gasteiger partial charge in [0.25, 0.3) is 0 Å². The van der Waals surface area contributed by atoms with Crippen molar-refractivity contribution in [3.8, 4) is 0 Å². The molecule has 1 unspecified atom stereocenters. The molecule has 0 saturated carbocycles. The van der Waals surface area contributed by atoms with E-state index in [-0.39, 0.29) is 10.8 Å². The van der Waals surface area contributed by atoms with Crippen molar-refractivity contribution in [3.05, 3.63) is 124 Å². The summed E-state index contributed by atoms with van der Waals surface area (Å²) in [6, 6.07) is 22.4. The molecule has 0 nitrogen and oxygen atoms in total. The van der Waals surface area contributed by atoms with E-state index in [4.69, 9.17) is 0 Å². The Balaban J connectivity index is 0.000000165. The predicted molar refractivity (Wildman–Crippen MR) is 200 cm³/mol. The molecule has 1 heteroatoms. The molecule has 46 heavy (non-hydrogen) atoms. The zero-order chi connectivity index (χ0) is 33.6. The third-order valence-corrected chi connectivity index (χ3v) is 10.8. The number of rotatable bonds is 3.